The molecule has 6 rings (SSSR count). The van der Waals surface area contributed by atoms with Gasteiger partial charge in [0, 0.05) is 32.0 Å². The van der Waals surface area contributed by atoms with Crippen molar-refractivity contribution >= 4 is 16.7 Å². The Balaban J connectivity index is 1.30. The fourth-order valence-electron chi connectivity index (χ4n) is 4.43. The number of nitrogens with zero attached hydrogens (tertiary/aromatic N) is 5. The van der Waals surface area contributed by atoms with Crippen LogP contribution in [0.5, 0.6) is 11.6 Å². The van der Waals surface area contributed by atoms with Crippen LogP contribution in [0.3, 0.4) is 0 Å². The Kier molecular flexibility index (Phi) is 5.85. The van der Waals surface area contributed by atoms with Crippen LogP contribution < -0.4 is 4.74 Å². The van der Waals surface area contributed by atoms with Gasteiger partial charge in [0.1, 0.15) is 17.1 Å². The molecule has 1 saturated heterocycles. The predicted molar refractivity (Wildman–Crippen MR) is 135 cm³/mol. The summed E-state index contributed by atoms with van der Waals surface area (Å²) >= 11 is 0. The standard InChI is InChI=1S/C28H25N5O3/c1-19-13-21(18-32-9-11-34-12-10-32)15-23(14-19)35-28-26-27(36-31-28)24(20(2)16-30-26)7-6-22-17-29-25-5-3-4-8-33(22)25/h3-5,8,13-17H,9-12,18H2,1-2H3. The van der Waals surface area contributed by atoms with E-state index < -0.39 is 0 Å². The van der Waals surface area contributed by atoms with Crippen molar-refractivity contribution in [2.75, 3.05) is 26.3 Å². The van der Waals surface area contributed by atoms with Crippen LogP contribution in [0.15, 0.2) is 59.5 Å². The van der Waals surface area contributed by atoms with Gasteiger partial charge in [0.25, 0.3) is 5.88 Å². The number of rotatable bonds is 4. The number of fused-ring (bicyclic) bond motifs is 2. The van der Waals surface area contributed by atoms with Gasteiger partial charge in [0.2, 0.25) is 5.58 Å². The molecule has 5 aromatic rings. The summed E-state index contributed by atoms with van der Waals surface area (Å²) in [6, 6.07) is 12.1. The molecule has 5 heterocycles. The highest BCUT2D eigenvalue weighted by Gasteiger charge is 2.18. The molecule has 0 unspecified atom stereocenters. The first-order valence-corrected chi connectivity index (χ1v) is 11.9. The normalized spacial score (nSPS) is 14.2. The van der Waals surface area contributed by atoms with Crippen LogP contribution >= 0.6 is 0 Å². The fourth-order valence-corrected chi connectivity index (χ4v) is 4.43. The lowest BCUT2D eigenvalue weighted by atomic mass is 10.1. The molecule has 0 saturated carbocycles. The van der Waals surface area contributed by atoms with E-state index in [1.807, 2.05) is 47.9 Å². The van der Waals surface area contributed by atoms with Crippen molar-refractivity contribution in [1.29, 1.82) is 0 Å². The third-order valence-electron chi connectivity index (χ3n) is 6.21. The van der Waals surface area contributed by atoms with Crippen LogP contribution in [0.4, 0.5) is 0 Å². The second-order valence-electron chi connectivity index (χ2n) is 8.95. The lowest BCUT2D eigenvalue weighted by Gasteiger charge is -2.26. The van der Waals surface area contributed by atoms with Crippen molar-refractivity contribution in [2.45, 2.75) is 20.4 Å². The maximum atomic E-state index is 6.17. The largest absolute Gasteiger partial charge is 0.435 e. The molecule has 36 heavy (non-hydrogen) atoms. The lowest BCUT2D eigenvalue weighted by Crippen LogP contribution is -2.35. The molecular weight excluding hydrogens is 454 g/mol. The van der Waals surface area contributed by atoms with Gasteiger partial charge >= 0.3 is 0 Å². The van der Waals surface area contributed by atoms with Crippen LogP contribution in [0.1, 0.15) is 27.9 Å². The molecule has 1 fully saturated rings. The van der Waals surface area contributed by atoms with Gasteiger partial charge in [-0.05, 0) is 65.9 Å². The van der Waals surface area contributed by atoms with Crippen LogP contribution in [-0.2, 0) is 11.3 Å². The Hall–Kier alpha value is -4.19. The SMILES string of the molecule is Cc1cc(CN2CCOCC2)cc(Oc2noc3c(C#Cc4cnc5ccccn45)c(C)cnc23)c1. The van der Waals surface area contributed by atoms with Crippen LogP contribution in [0.25, 0.3) is 16.7 Å². The van der Waals surface area contributed by atoms with E-state index in [0.717, 1.165) is 60.9 Å². The summed E-state index contributed by atoms with van der Waals surface area (Å²) in [5, 5.41) is 4.19. The van der Waals surface area contributed by atoms with Gasteiger partial charge in [-0.15, -0.1) is 0 Å². The molecular formula is C28H25N5O3. The average Bonchev–Trinajstić information content (AvgIpc) is 3.48. The number of benzene rings is 1. The summed E-state index contributed by atoms with van der Waals surface area (Å²) in [7, 11) is 0. The summed E-state index contributed by atoms with van der Waals surface area (Å²) in [5.41, 5.74) is 6.61. The number of ether oxygens (including phenoxy) is 2. The second-order valence-corrected chi connectivity index (χ2v) is 8.95. The first-order valence-electron chi connectivity index (χ1n) is 11.9. The quantitative estimate of drug-likeness (QED) is 0.351. The van der Waals surface area contributed by atoms with Gasteiger partial charge < -0.3 is 14.0 Å². The summed E-state index contributed by atoms with van der Waals surface area (Å²) in [4.78, 5) is 11.3. The Morgan fingerprint density at radius 1 is 1.03 bits per heavy atom. The zero-order chi connectivity index (χ0) is 24.5. The van der Waals surface area contributed by atoms with E-state index in [1.165, 1.54) is 5.56 Å². The number of pyridine rings is 2. The van der Waals surface area contributed by atoms with Gasteiger partial charge in [0.05, 0.1) is 25.0 Å². The highest BCUT2D eigenvalue weighted by Crippen LogP contribution is 2.31. The summed E-state index contributed by atoms with van der Waals surface area (Å²) < 4.78 is 19.3. The molecule has 0 aliphatic carbocycles. The molecule has 180 valence electrons. The third-order valence-corrected chi connectivity index (χ3v) is 6.21. The maximum absolute atomic E-state index is 6.17. The monoisotopic (exact) mass is 479 g/mol. The molecule has 0 N–H and O–H groups in total. The molecule has 1 aliphatic rings. The molecule has 0 spiro atoms. The number of hydrogen-bond acceptors (Lipinski definition) is 7. The van der Waals surface area contributed by atoms with Gasteiger partial charge in [0.15, 0.2) is 5.52 Å². The van der Waals surface area contributed by atoms with E-state index in [0.29, 0.717) is 22.7 Å². The zero-order valence-electron chi connectivity index (χ0n) is 20.2. The topological polar surface area (TPSA) is 77.9 Å². The first-order chi connectivity index (χ1) is 17.6. The minimum Gasteiger partial charge on any atom is -0.435 e. The molecule has 8 heteroatoms. The highest BCUT2D eigenvalue weighted by molar-refractivity contribution is 5.84. The van der Waals surface area contributed by atoms with Crippen molar-refractivity contribution < 1.29 is 14.0 Å². The van der Waals surface area contributed by atoms with Crippen LogP contribution in [0, 0.1) is 25.7 Å². The summed E-state index contributed by atoms with van der Waals surface area (Å²) in [6.07, 6.45) is 5.47. The third kappa shape index (κ3) is 4.42. The van der Waals surface area contributed by atoms with E-state index in [2.05, 4.69) is 44.9 Å². The van der Waals surface area contributed by atoms with Crippen molar-refractivity contribution in [3.63, 3.8) is 0 Å². The molecule has 0 amide bonds. The predicted octanol–water partition coefficient (Wildman–Crippen LogP) is 4.51. The Morgan fingerprint density at radius 3 is 2.81 bits per heavy atom. The van der Waals surface area contributed by atoms with E-state index >= 15 is 0 Å². The number of hydrogen-bond donors (Lipinski definition) is 0. The Bertz CT molecular complexity index is 1620. The van der Waals surface area contributed by atoms with Gasteiger partial charge in [-0.3, -0.25) is 9.30 Å². The number of aromatic nitrogens is 4. The van der Waals surface area contributed by atoms with Gasteiger partial charge in [-0.25, -0.2) is 9.97 Å². The smallest absolute Gasteiger partial charge is 0.286 e. The molecule has 1 aliphatic heterocycles. The number of morpholine rings is 1. The first kappa shape index (κ1) is 22.3. The molecule has 4 aromatic heterocycles. The van der Waals surface area contributed by atoms with Crippen LogP contribution in [0.2, 0.25) is 0 Å². The minimum absolute atomic E-state index is 0.325. The summed E-state index contributed by atoms with van der Waals surface area (Å²) in [5.74, 6) is 7.47. The Labute approximate surface area is 208 Å². The van der Waals surface area contributed by atoms with Crippen molar-refractivity contribution in [3.05, 3.63) is 82.9 Å². The van der Waals surface area contributed by atoms with Crippen LogP contribution in [-0.4, -0.2) is 50.7 Å². The van der Waals surface area contributed by atoms with E-state index in [-0.39, 0.29) is 0 Å². The highest BCUT2D eigenvalue weighted by atomic mass is 16.5. The molecule has 0 atom stereocenters. The number of imidazole rings is 1. The van der Waals surface area contributed by atoms with Crippen molar-refractivity contribution in [1.82, 2.24) is 24.4 Å². The molecule has 1 aromatic carbocycles. The van der Waals surface area contributed by atoms with E-state index in [1.54, 1.807) is 12.4 Å². The van der Waals surface area contributed by atoms with Gasteiger partial charge in [-0.2, -0.15) is 0 Å². The number of aryl methyl sites for hydroxylation is 2. The van der Waals surface area contributed by atoms with Gasteiger partial charge in [-0.1, -0.05) is 18.1 Å². The minimum atomic E-state index is 0.325. The Morgan fingerprint density at radius 2 is 1.92 bits per heavy atom. The van der Waals surface area contributed by atoms with E-state index in [4.69, 9.17) is 14.0 Å². The molecule has 0 radical (unpaired) electrons. The molecule has 8 nitrogen and oxygen atoms in total. The maximum Gasteiger partial charge on any atom is 0.286 e. The zero-order valence-corrected chi connectivity index (χ0v) is 20.2. The summed E-state index contributed by atoms with van der Waals surface area (Å²) in [6.45, 7) is 8.27. The second kappa shape index (κ2) is 9.46. The average molecular weight is 480 g/mol. The fraction of sp³-hybridized carbons (Fsp3) is 0.250. The lowest BCUT2D eigenvalue weighted by molar-refractivity contribution is 0.0341. The van der Waals surface area contributed by atoms with Crippen molar-refractivity contribution in [2.24, 2.45) is 0 Å². The van der Waals surface area contributed by atoms with Crippen molar-refractivity contribution in [3.8, 4) is 23.5 Å². The van der Waals surface area contributed by atoms with E-state index in [9.17, 15) is 0 Å². The molecule has 0 bridgehead atoms.